The van der Waals surface area contributed by atoms with Crippen LogP contribution < -0.4 is 4.74 Å². The van der Waals surface area contributed by atoms with E-state index in [2.05, 4.69) is 33.8 Å². The summed E-state index contributed by atoms with van der Waals surface area (Å²) >= 11 is 0. The third-order valence-electron chi connectivity index (χ3n) is 5.86. The Morgan fingerprint density at radius 2 is 1.97 bits per heavy atom. The number of amides is 1. The van der Waals surface area contributed by atoms with Gasteiger partial charge in [0.2, 0.25) is 0 Å². The van der Waals surface area contributed by atoms with Crippen molar-refractivity contribution in [1.82, 2.24) is 34.4 Å². The summed E-state index contributed by atoms with van der Waals surface area (Å²) in [6.45, 7) is 7.62. The second kappa shape index (κ2) is 8.82. The number of pyridine rings is 2. The van der Waals surface area contributed by atoms with E-state index in [1.54, 1.807) is 16.5 Å². The molecule has 1 amide bonds. The van der Waals surface area contributed by atoms with E-state index < -0.39 is 0 Å². The molecule has 0 aliphatic carbocycles. The maximum atomic E-state index is 13.2. The first-order chi connectivity index (χ1) is 15.7. The van der Waals surface area contributed by atoms with Gasteiger partial charge in [-0.3, -0.25) is 4.79 Å². The fourth-order valence-electron chi connectivity index (χ4n) is 4.06. The summed E-state index contributed by atoms with van der Waals surface area (Å²) in [6.07, 6.45) is 3.43. The van der Waals surface area contributed by atoms with Crippen LogP contribution in [0.4, 0.5) is 0 Å². The van der Waals surface area contributed by atoms with Crippen molar-refractivity contribution < 1.29 is 9.53 Å². The number of likely N-dealkylation sites (N-methyl/N-ethyl adjacent to an activating group) is 2. The summed E-state index contributed by atoms with van der Waals surface area (Å²) in [4.78, 5) is 29.7. The third-order valence-corrected chi connectivity index (χ3v) is 5.86. The van der Waals surface area contributed by atoms with Crippen LogP contribution in [0.3, 0.4) is 0 Å². The summed E-state index contributed by atoms with van der Waals surface area (Å²) in [5.41, 5.74) is 6.61. The number of aromatic nitrogens is 5. The van der Waals surface area contributed by atoms with Crippen LogP contribution in [-0.4, -0.2) is 81.6 Å². The lowest BCUT2D eigenvalue weighted by Crippen LogP contribution is -2.34. The number of ether oxygens (including phenoxy) is 1. The molecule has 0 aromatic carbocycles. The predicted octanol–water partition coefficient (Wildman–Crippen LogP) is 3.35. The monoisotopic (exact) mass is 449 g/mol. The Bertz CT molecular complexity index is 1320. The zero-order valence-electron chi connectivity index (χ0n) is 20.3. The van der Waals surface area contributed by atoms with Gasteiger partial charge in [-0.25, -0.2) is 14.5 Å². The lowest BCUT2D eigenvalue weighted by molar-refractivity contribution is 0.0780. The minimum Gasteiger partial charge on any atom is -0.493 e. The highest BCUT2D eigenvalue weighted by atomic mass is 16.5. The van der Waals surface area contributed by atoms with Gasteiger partial charge in [0, 0.05) is 37.5 Å². The average molecular weight is 450 g/mol. The molecular formula is C24H31N7O2. The molecule has 33 heavy (non-hydrogen) atoms. The molecule has 4 aromatic heterocycles. The summed E-state index contributed by atoms with van der Waals surface area (Å²) in [7, 11) is 7.44. The molecule has 1 N–H and O–H groups in total. The fraction of sp³-hybridized carbons (Fsp3) is 0.417. The zero-order chi connectivity index (χ0) is 23.9. The number of carbonyl (C=O) groups is 1. The van der Waals surface area contributed by atoms with Gasteiger partial charge in [-0.15, -0.1) is 0 Å². The molecule has 4 heterocycles. The summed E-state index contributed by atoms with van der Waals surface area (Å²) in [5.74, 6) is 0.746. The number of carbonyl (C=O) groups excluding carboxylic acids is 1. The van der Waals surface area contributed by atoms with Gasteiger partial charge < -0.3 is 19.5 Å². The van der Waals surface area contributed by atoms with E-state index in [9.17, 15) is 4.79 Å². The second-order valence-electron chi connectivity index (χ2n) is 8.97. The smallest absolute Gasteiger partial charge is 0.272 e. The number of methoxy groups -OCH3 is 1. The molecule has 4 rings (SSSR count). The van der Waals surface area contributed by atoms with Crippen LogP contribution in [0.15, 0.2) is 24.7 Å². The molecule has 4 aromatic rings. The second-order valence-corrected chi connectivity index (χ2v) is 8.97. The third kappa shape index (κ3) is 4.16. The molecule has 0 saturated carbocycles. The zero-order valence-corrected chi connectivity index (χ0v) is 20.3. The van der Waals surface area contributed by atoms with Crippen LogP contribution in [0, 0.1) is 6.92 Å². The first kappa shape index (κ1) is 22.7. The van der Waals surface area contributed by atoms with Gasteiger partial charge in [0.25, 0.3) is 5.91 Å². The number of rotatable bonds is 7. The molecule has 0 bridgehead atoms. The van der Waals surface area contributed by atoms with E-state index in [-0.39, 0.29) is 11.8 Å². The lowest BCUT2D eigenvalue weighted by Gasteiger charge is -2.20. The van der Waals surface area contributed by atoms with Crippen molar-refractivity contribution in [1.29, 1.82) is 0 Å². The molecule has 9 nitrogen and oxygen atoms in total. The quantitative estimate of drug-likeness (QED) is 0.465. The van der Waals surface area contributed by atoms with Crippen LogP contribution in [0.5, 0.6) is 5.75 Å². The van der Waals surface area contributed by atoms with Gasteiger partial charge in [0.1, 0.15) is 12.0 Å². The Kier molecular flexibility index (Phi) is 6.07. The van der Waals surface area contributed by atoms with Gasteiger partial charge >= 0.3 is 0 Å². The van der Waals surface area contributed by atoms with Crippen LogP contribution in [0.2, 0.25) is 0 Å². The van der Waals surface area contributed by atoms with Crippen LogP contribution in [0.1, 0.15) is 41.4 Å². The molecule has 0 atom stereocenters. The SMILES string of the molecule is COc1cc(-c2[nH]c3cc(C)c(C(=O)N(C)CCN(C)C)nc3c2C(C)C)cn2ncnc12. The standard InChI is InChI=1S/C24H31N7O2/c1-14(2)19-21(16-11-18(33-7)23-25-13-26-31(23)12-16)27-17-10-15(3)20(28-22(17)19)24(32)30(6)9-8-29(4)5/h10-14,27H,8-9H2,1-7H3. The topological polar surface area (TPSA) is 91.7 Å². The first-order valence-corrected chi connectivity index (χ1v) is 11.0. The molecular weight excluding hydrogens is 418 g/mol. The van der Waals surface area contributed by atoms with Crippen molar-refractivity contribution in [2.45, 2.75) is 26.7 Å². The number of hydrogen-bond donors (Lipinski definition) is 1. The van der Waals surface area contributed by atoms with Crippen LogP contribution in [0.25, 0.3) is 27.9 Å². The number of H-pyrrole nitrogens is 1. The minimum atomic E-state index is -0.0700. The largest absolute Gasteiger partial charge is 0.493 e. The summed E-state index contributed by atoms with van der Waals surface area (Å²) < 4.78 is 7.26. The molecule has 0 unspecified atom stereocenters. The highest BCUT2D eigenvalue weighted by molar-refractivity contribution is 5.98. The first-order valence-electron chi connectivity index (χ1n) is 11.0. The Morgan fingerprint density at radius 3 is 2.64 bits per heavy atom. The lowest BCUT2D eigenvalue weighted by atomic mass is 9.98. The summed E-state index contributed by atoms with van der Waals surface area (Å²) in [5, 5.41) is 4.28. The number of nitrogens with one attached hydrogen (secondary N) is 1. The maximum Gasteiger partial charge on any atom is 0.272 e. The van der Waals surface area contributed by atoms with Gasteiger partial charge in [-0.05, 0) is 44.6 Å². The number of hydrogen-bond acceptors (Lipinski definition) is 6. The van der Waals surface area contributed by atoms with Crippen LogP contribution in [-0.2, 0) is 0 Å². The van der Waals surface area contributed by atoms with Crippen molar-refractivity contribution in [3.63, 3.8) is 0 Å². The number of aryl methyl sites for hydroxylation is 1. The van der Waals surface area contributed by atoms with E-state index in [0.717, 1.165) is 40.0 Å². The Hall–Kier alpha value is -3.46. The molecule has 0 radical (unpaired) electrons. The number of nitrogens with zero attached hydrogens (tertiary/aromatic N) is 6. The van der Waals surface area contributed by atoms with Gasteiger partial charge in [-0.1, -0.05) is 13.8 Å². The van der Waals surface area contributed by atoms with Gasteiger partial charge in [-0.2, -0.15) is 5.10 Å². The molecule has 0 aliphatic rings. The van der Waals surface area contributed by atoms with Crippen molar-refractivity contribution in [2.75, 3.05) is 41.3 Å². The van der Waals surface area contributed by atoms with Crippen molar-refractivity contribution in [3.8, 4) is 17.0 Å². The van der Waals surface area contributed by atoms with E-state index in [1.165, 1.54) is 6.33 Å². The molecule has 0 saturated heterocycles. The van der Waals surface area contributed by atoms with Crippen molar-refractivity contribution in [2.24, 2.45) is 0 Å². The Balaban J connectivity index is 1.85. The Morgan fingerprint density at radius 1 is 1.21 bits per heavy atom. The molecule has 174 valence electrons. The Labute approximate surface area is 193 Å². The minimum absolute atomic E-state index is 0.0700. The average Bonchev–Trinajstić information content (AvgIpc) is 3.39. The maximum absolute atomic E-state index is 13.2. The highest BCUT2D eigenvalue weighted by Gasteiger charge is 2.23. The van der Waals surface area contributed by atoms with Gasteiger partial charge in [0.15, 0.2) is 11.4 Å². The predicted molar refractivity (Wildman–Crippen MR) is 129 cm³/mol. The van der Waals surface area contributed by atoms with Crippen molar-refractivity contribution in [3.05, 3.63) is 41.5 Å². The molecule has 9 heteroatoms. The van der Waals surface area contributed by atoms with E-state index >= 15 is 0 Å². The fourth-order valence-corrected chi connectivity index (χ4v) is 4.06. The van der Waals surface area contributed by atoms with E-state index in [1.807, 2.05) is 46.4 Å². The van der Waals surface area contributed by atoms with Gasteiger partial charge in [0.05, 0.1) is 23.8 Å². The molecule has 0 spiro atoms. The van der Waals surface area contributed by atoms with Crippen LogP contribution >= 0.6 is 0 Å². The number of fused-ring (bicyclic) bond motifs is 2. The molecule has 0 aliphatic heterocycles. The summed E-state index contributed by atoms with van der Waals surface area (Å²) in [6, 6.07) is 3.96. The van der Waals surface area contributed by atoms with E-state index in [0.29, 0.717) is 23.6 Å². The number of aromatic amines is 1. The van der Waals surface area contributed by atoms with E-state index in [4.69, 9.17) is 9.72 Å². The normalized spacial score (nSPS) is 11.8. The molecule has 0 fully saturated rings. The van der Waals surface area contributed by atoms with Crippen molar-refractivity contribution >= 4 is 22.6 Å². The highest BCUT2D eigenvalue weighted by Crippen LogP contribution is 2.37.